The minimum Gasteiger partial charge on any atom is -0.505 e. The van der Waals surface area contributed by atoms with Crippen LogP contribution < -0.4 is 0 Å². The molecule has 2 unspecified atom stereocenters. The van der Waals surface area contributed by atoms with Gasteiger partial charge in [-0.05, 0) is 26.7 Å². The van der Waals surface area contributed by atoms with Gasteiger partial charge in [-0.15, -0.1) is 0 Å². The largest absolute Gasteiger partial charge is 0.505 e. The van der Waals surface area contributed by atoms with Crippen LogP contribution in [0.3, 0.4) is 0 Å². The number of rotatable bonds is 6. The summed E-state index contributed by atoms with van der Waals surface area (Å²) in [5.41, 5.74) is 2.94. The molecule has 160 valence electrons. The Bertz CT molecular complexity index is 881. The molecule has 8 nitrogen and oxygen atoms in total. The van der Waals surface area contributed by atoms with Gasteiger partial charge in [-0.25, -0.2) is 0 Å². The minimum absolute atomic E-state index is 0.0194. The molecular formula is C22H28N4O4. The van der Waals surface area contributed by atoms with Gasteiger partial charge in [-0.3, -0.25) is 20.0 Å². The number of aliphatic hydroxyl groups is 2. The van der Waals surface area contributed by atoms with Crippen molar-refractivity contribution in [3.05, 3.63) is 46.0 Å². The third kappa shape index (κ3) is 4.66. The number of aryl methyl sites for hydroxylation is 2. The van der Waals surface area contributed by atoms with E-state index in [0.29, 0.717) is 33.6 Å². The van der Waals surface area contributed by atoms with Gasteiger partial charge in [0, 0.05) is 47.1 Å². The number of aliphatic imine (C=N–C) groups is 2. The highest BCUT2D eigenvalue weighted by Crippen LogP contribution is 2.27. The normalized spacial score (nSPS) is 19.7. The van der Waals surface area contributed by atoms with E-state index in [1.807, 2.05) is 0 Å². The first kappa shape index (κ1) is 21.9. The molecule has 8 heteroatoms. The van der Waals surface area contributed by atoms with E-state index in [-0.39, 0.29) is 36.8 Å². The molecule has 0 spiro atoms. The number of hydrogen-bond acceptors (Lipinski definition) is 8. The van der Waals surface area contributed by atoms with Gasteiger partial charge in [-0.1, -0.05) is 12.8 Å². The number of nitrogens with zero attached hydrogens (tertiary/aromatic N) is 4. The lowest BCUT2D eigenvalue weighted by Gasteiger charge is -2.25. The number of hydrogen-bond donors (Lipinski definition) is 4. The van der Waals surface area contributed by atoms with E-state index < -0.39 is 0 Å². The van der Waals surface area contributed by atoms with Crippen LogP contribution in [0.5, 0.6) is 11.5 Å². The second kappa shape index (κ2) is 9.77. The fourth-order valence-corrected chi connectivity index (χ4v) is 3.62. The molecule has 3 rings (SSSR count). The molecule has 0 saturated heterocycles. The highest BCUT2D eigenvalue weighted by atomic mass is 16.3. The summed E-state index contributed by atoms with van der Waals surface area (Å²) < 4.78 is 0. The summed E-state index contributed by atoms with van der Waals surface area (Å²) in [6, 6.07) is -0.172. The molecule has 4 N–H and O–H groups in total. The number of aromatic hydroxyl groups is 2. The van der Waals surface area contributed by atoms with Crippen molar-refractivity contribution < 1.29 is 20.4 Å². The lowest BCUT2D eigenvalue weighted by molar-refractivity contribution is 0.280. The monoisotopic (exact) mass is 412 g/mol. The van der Waals surface area contributed by atoms with Gasteiger partial charge in [0.15, 0.2) is 0 Å². The molecule has 0 aliphatic heterocycles. The fourth-order valence-electron chi connectivity index (χ4n) is 3.62. The standard InChI is InChI=1S/C22H28N4O4/c1-13-21(29)17(15(11-27)7-23-13)9-25-19-5-3-4-6-20(19)26-10-18-16(12-28)8-24-14(2)22(18)30/h7-10,19-20,27-30H,3-6,11-12H2,1-2H3. The molecule has 2 atom stereocenters. The molecular weight excluding hydrogens is 384 g/mol. The summed E-state index contributed by atoms with van der Waals surface area (Å²) >= 11 is 0. The Hall–Kier alpha value is -2.84. The Morgan fingerprint density at radius 2 is 1.23 bits per heavy atom. The van der Waals surface area contributed by atoms with Gasteiger partial charge < -0.3 is 20.4 Å². The first-order valence-electron chi connectivity index (χ1n) is 10.1. The predicted octanol–water partition coefficient (Wildman–Crippen LogP) is 2.34. The van der Waals surface area contributed by atoms with Gasteiger partial charge in [0.1, 0.15) is 11.5 Å². The maximum absolute atomic E-state index is 10.3. The minimum atomic E-state index is -0.237. The van der Waals surface area contributed by atoms with Crippen LogP contribution in [0.25, 0.3) is 0 Å². The van der Waals surface area contributed by atoms with Crippen molar-refractivity contribution in [2.24, 2.45) is 9.98 Å². The molecule has 0 radical (unpaired) electrons. The van der Waals surface area contributed by atoms with E-state index in [1.54, 1.807) is 26.3 Å². The van der Waals surface area contributed by atoms with Crippen LogP contribution in [0.2, 0.25) is 0 Å². The molecule has 0 aromatic carbocycles. The van der Waals surface area contributed by atoms with Crippen molar-refractivity contribution in [3.8, 4) is 11.5 Å². The van der Waals surface area contributed by atoms with Crippen molar-refractivity contribution in [2.45, 2.75) is 64.8 Å². The van der Waals surface area contributed by atoms with Gasteiger partial charge >= 0.3 is 0 Å². The summed E-state index contributed by atoms with van der Waals surface area (Å²) in [6.45, 7) is 2.92. The highest BCUT2D eigenvalue weighted by molar-refractivity contribution is 5.86. The number of aliphatic hydroxyl groups excluding tert-OH is 2. The van der Waals surface area contributed by atoms with Gasteiger partial charge in [0.25, 0.3) is 0 Å². The molecule has 2 heterocycles. The summed E-state index contributed by atoms with van der Waals surface area (Å²) in [6.07, 6.45) is 10.0. The van der Waals surface area contributed by atoms with Crippen molar-refractivity contribution in [1.29, 1.82) is 0 Å². The Morgan fingerprint density at radius 1 is 0.833 bits per heavy atom. The third-order valence-corrected chi connectivity index (χ3v) is 5.54. The second-order valence-electron chi connectivity index (χ2n) is 7.55. The molecule has 1 fully saturated rings. The lowest BCUT2D eigenvalue weighted by atomic mass is 9.91. The molecule has 0 bridgehead atoms. The molecule has 30 heavy (non-hydrogen) atoms. The second-order valence-corrected chi connectivity index (χ2v) is 7.55. The van der Waals surface area contributed by atoms with Crippen LogP contribution in [0.4, 0.5) is 0 Å². The maximum Gasteiger partial charge on any atom is 0.145 e. The van der Waals surface area contributed by atoms with Crippen LogP contribution >= 0.6 is 0 Å². The van der Waals surface area contributed by atoms with E-state index >= 15 is 0 Å². The Kier molecular flexibility index (Phi) is 7.12. The van der Waals surface area contributed by atoms with Crippen molar-refractivity contribution in [1.82, 2.24) is 9.97 Å². The van der Waals surface area contributed by atoms with Crippen LogP contribution in [0.1, 0.15) is 59.3 Å². The van der Waals surface area contributed by atoms with Gasteiger partial charge in [-0.2, -0.15) is 0 Å². The third-order valence-electron chi connectivity index (χ3n) is 5.54. The van der Waals surface area contributed by atoms with Crippen molar-refractivity contribution in [3.63, 3.8) is 0 Å². The lowest BCUT2D eigenvalue weighted by Crippen LogP contribution is -2.27. The quantitative estimate of drug-likeness (QED) is 0.539. The van der Waals surface area contributed by atoms with Crippen molar-refractivity contribution in [2.75, 3.05) is 0 Å². The zero-order valence-corrected chi connectivity index (χ0v) is 17.3. The van der Waals surface area contributed by atoms with Crippen LogP contribution in [-0.2, 0) is 13.2 Å². The zero-order chi connectivity index (χ0) is 21.7. The maximum atomic E-state index is 10.3. The molecule has 1 aliphatic rings. The average Bonchev–Trinajstić information content (AvgIpc) is 2.76. The summed E-state index contributed by atoms with van der Waals surface area (Å²) in [7, 11) is 0. The van der Waals surface area contributed by atoms with E-state index in [2.05, 4.69) is 20.0 Å². The van der Waals surface area contributed by atoms with Gasteiger partial charge in [0.2, 0.25) is 0 Å². The smallest absolute Gasteiger partial charge is 0.145 e. The Morgan fingerprint density at radius 3 is 1.60 bits per heavy atom. The number of aromatic nitrogens is 2. The first-order valence-corrected chi connectivity index (χ1v) is 10.1. The predicted molar refractivity (Wildman–Crippen MR) is 114 cm³/mol. The zero-order valence-electron chi connectivity index (χ0n) is 17.3. The number of pyridine rings is 2. The SMILES string of the molecule is Cc1ncc(CO)c(C=NC2CCCCC2N=Cc2c(CO)cnc(C)c2O)c1O. The molecule has 0 amide bonds. The summed E-state index contributed by atoms with van der Waals surface area (Å²) in [5.74, 6) is 0.0388. The molecule has 1 aliphatic carbocycles. The van der Waals surface area contributed by atoms with Crippen LogP contribution in [0.15, 0.2) is 22.4 Å². The van der Waals surface area contributed by atoms with Crippen molar-refractivity contribution >= 4 is 12.4 Å². The summed E-state index contributed by atoms with van der Waals surface area (Å²) in [4.78, 5) is 17.5. The Balaban J connectivity index is 1.87. The Labute approximate surface area is 175 Å². The van der Waals surface area contributed by atoms with Crippen LogP contribution in [0, 0.1) is 13.8 Å². The average molecular weight is 412 g/mol. The fraction of sp³-hybridized carbons (Fsp3) is 0.455. The van der Waals surface area contributed by atoms with E-state index in [9.17, 15) is 20.4 Å². The molecule has 1 saturated carbocycles. The van der Waals surface area contributed by atoms with Gasteiger partial charge in [0.05, 0.1) is 36.7 Å². The van der Waals surface area contributed by atoms with E-state index in [4.69, 9.17) is 0 Å². The molecule has 2 aromatic heterocycles. The van der Waals surface area contributed by atoms with Crippen LogP contribution in [-0.4, -0.2) is 54.9 Å². The topological polar surface area (TPSA) is 131 Å². The highest BCUT2D eigenvalue weighted by Gasteiger charge is 2.24. The molecule has 2 aromatic rings. The van der Waals surface area contributed by atoms with E-state index in [0.717, 1.165) is 25.7 Å². The first-order chi connectivity index (χ1) is 14.5. The summed E-state index contributed by atoms with van der Waals surface area (Å²) in [5, 5.41) is 39.7. The van der Waals surface area contributed by atoms with E-state index in [1.165, 1.54) is 12.4 Å².